The number of nitrogens with one attached hydrogen (secondary N) is 2. The third kappa shape index (κ3) is 6.25. The standard InChI is InChI=1S/C27H32ClN5O3/c1-17-16-29-27(32-22(17)13-18-14-23(35-3)25(28)24(15-18)36-4)31-20-7-5-19(6-8-20)26(34)30-21-9-11-33(2)12-10-21/h5-8,14-16,21H,9-13H2,1-4H3,(H,30,34)(H,29,31,32). The van der Waals surface area contributed by atoms with Gasteiger partial charge in [0.2, 0.25) is 5.95 Å². The molecule has 3 aromatic rings. The number of likely N-dealkylation sites (tertiary alicyclic amines) is 1. The zero-order valence-corrected chi connectivity index (χ0v) is 21.9. The van der Waals surface area contributed by atoms with E-state index in [2.05, 4.69) is 27.6 Å². The minimum absolute atomic E-state index is 0.0428. The molecule has 4 rings (SSSR count). The van der Waals surface area contributed by atoms with Gasteiger partial charge in [0, 0.05) is 29.9 Å². The van der Waals surface area contributed by atoms with Crippen molar-refractivity contribution in [2.75, 3.05) is 39.7 Å². The van der Waals surface area contributed by atoms with Crippen molar-refractivity contribution in [2.24, 2.45) is 0 Å². The number of aromatic nitrogens is 2. The second-order valence-corrected chi connectivity index (χ2v) is 9.45. The van der Waals surface area contributed by atoms with E-state index in [9.17, 15) is 4.79 Å². The fourth-order valence-corrected chi connectivity index (χ4v) is 4.45. The minimum atomic E-state index is -0.0428. The van der Waals surface area contributed by atoms with E-state index >= 15 is 0 Å². The van der Waals surface area contributed by atoms with Gasteiger partial charge in [-0.05, 0) is 87.4 Å². The Morgan fingerprint density at radius 1 is 1.11 bits per heavy atom. The number of carbonyl (C=O) groups is 1. The molecule has 1 amide bonds. The molecule has 0 atom stereocenters. The number of anilines is 2. The van der Waals surface area contributed by atoms with Gasteiger partial charge in [-0.15, -0.1) is 0 Å². The summed E-state index contributed by atoms with van der Waals surface area (Å²) < 4.78 is 10.8. The molecule has 1 saturated heterocycles. The van der Waals surface area contributed by atoms with Gasteiger partial charge in [0.25, 0.3) is 5.91 Å². The van der Waals surface area contributed by atoms with Crippen molar-refractivity contribution < 1.29 is 14.3 Å². The van der Waals surface area contributed by atoms with Gasteiger partial charge in [0.1, 0.15) is 16.5 Å². The maximum atomic E-state index is 12.6. The molecule has 0 aliphatic carbocycles. The van der Waals surface area contributed by atoms with E-state index in [0.29, 0.717) is 34.5 Å². The molecule has 1 aliphatic heterocycles. The number of piperidine rings is 1. The Morgan fingerprint density at radius 2 is 1.75 bits per heavy atom. The summed E-state index contributed by atoms with van der Waals surface area (Å²) in [5.41, 5.74) is 4.23. The van der Waals surface area contributed by atoms with E-state index < -0.39 is 0 Å². The summed E-state index contributed by atoms with van der Waals surface area (Å²) >= 11 is 6.30. The van der Waals surface area contributed by atoms with Crippen LogP contribution in [0.15, 0.2) is 42.6 Å². The molecule has 1 aromatic heterocycles. The summed E-state index contributed by atoms with van der Waals surface area (Å²) in [6.45, 7) is 3.98. The predicted octanol–water partition coefficient (Wildman–Crippen LogP) is 4.61. The van der Waals surface area contributed by atoms with Gasteiger partial charge in [-0.1, -0.05) is 11.6 Å². The van der Waals surface area contributed by atoms with Crippen LogP contribution in [0, 0.1) is 6.92 Å². The highest BCUT2D eigenvalue weighted by Gasteiger charge is 2.19. The predicted molar refractivity (Wildman–Crippen MR) is 142 cm³/mol. The van der Waals surface area contributed by atoms with E-state index in [1.807, 2.05) is 43.3 Å². The molecule has 36 heavy (non-hydrogen) atoms. The van der Waals surface area contributed by atoms with Crippen LogP contribution in [-0.2, 0) is 6.42 Å². The number of rotatable bonds is 8. The molecular weight excluding hydrogens is 478 g/mol. The van der Waals surface area contributed by atoms with Crippen molar-refractivity contribution in [3.63, 3.8) is 0 Å². The number of amides is 1. The second kappa shape index (κ2) is 11.6. The lowest BCUT2D eigenvalue weighted by atomic mass is 10.0. The Balaban J connectivity index is 1.43. The van der Waals surface area contributed by atoms with Crippen LogP contribution in [0.3, 0.4) is 0 Å². The van der Waals surface area contributed by atoms with Crippen LogP contribution < -0.4 is 20.1 Å². The van der Waals surface area contributed by atoms with Crippen LogP contribution in [0.5, 0.6) is 11.5 Å². The molecule has 8 nitrogen and oxygen atoms in total. The summed E-state index contributed by atoms with van der Waals surface area (Å²) in [7, 11) is 5.26. The molecule has 2 heterocycles. The first-order valence-corrected chi connectivity index (χ1v) is 12.3. The van der Waals surface area contributed by atoms with Crippen molar-refractivity contribution in [2.45, 2.75) is 32.2 Å². The van der Waals surface area contributed by atoms with E-state index in [-0.39, 0.29) is 11.9 Å². The molecule has 0 radical (unpaired) electrons. The van der Waals surface area contributed by atoms with Crippen LogP contribution in [0.25, 0.3) is 0 Å². The van der Waals surface area contributed by atoms with Crippen LogP contribution in [-0.4, -0.2) is 61.2 Å². The first-order chi connectivity index (χ1) is 17.4. The summed E-state index contributed by atoms with van der Waals surface area (Å²) in [6.07, 6.45) is 4.30. The summed E-state index contributed by atoms with van der Waals surface area (Å²) in [5, 5.41) is 6.82. The van der Waals surface area contributed by atoms with E-state index in [4.69, 9.17) is 26.1 Å². The van der Waals surface area contributed by atoms with Gasteiger partial charge in [0.05, 0.1) is 19.9 Å². The van der Waals surface area contributed by atoms with Gasteiger partial charge in [-0.2, -0.15) is 0 Å². The normalized spacial score (nSPS) is 14.4. The summed E-state index contributed by atoms with van der Waals surface area (Å²) in [4.78, 5) is 24.1. The van der Waals surface area contributed by atoms with E-state index in [0.717, 1.165) is 48.4 Å². The number of ether oxygens (including phenoxy) is 2. The Hall–Kier alpha value is -3.36. The fraction of sp³-hybridized carbons (Fsp3) is 0.370. The lowest BCUT2D eigenvalue weighted by Crippen LogP contribution is -2.43. The third-order valence-electron chi connectivity index (χ3n) is 6.41. The van der Waals surface area contributed by atoms with Gasteiger partial charge in [-0.3, -0.25) is 4.79 Å². The maximum Gasteiger partial charge on any atom is 0.251 e. The Kier molecular flexibility index (Phi) is 8.28. The zero-order valence-electron chi connectivity index (χ0n) is 21.1. The quantitative estimate of drug-likeness (QED) is 0.458. The lowest BCUT2D eigenvalue weighted by molar-refractivity contribution is 0.0917. The van der Waals surface area contributed by atoms with Crippen molar-refractivity contribution in [1.29, 1.82) is 0 Å². The lowest BCUT2D eigenvalue weighted by Gasteiger charge is -2.29. The molecule has 1 aliphatic rings. The molecule has 0 spiro atoms. The Bertz CT molecular complexity index is 1190. The number of nitrogens with zero attached hydrogens (tertiary/aromatic N) is 3. The Labute approximate surface area is 217 Å². The summed E-state index contributed by atoms with van der Waals surface area (Å²) in [5.74, 6) is 1.54. The molecule has 2 aromatic carbocycles. The highest BCUT2D eigenvalue weighted by atomic mass is 35.5. The van der Waals surface area contributed by atoms with Gasteiger partial charge in [-0.25, -0.2) is 9.97 Å². The first-order valence-electron chi connectivity index (χ1n) is 12.0. The Morgan fingerprint density at radius 3 is 2.36 bits per heavy atom. The molecule has 0 bridgehead atoms. The molecule has 1 fully saturated rings. The molecule has 2 N–H and O–H groups in total. The van der Waals surface area contributed by atoms with Crippen molar-refractivity contribution in [3.05, 3.63) is 70.0 Å². The molecular formula is C27H32ClN5O3. The van der Waals surface area contributed by atoms with E-state index in [1.54, 1.807) is 20.4 Å². The number of methoxy groups -OCH3 is 2. The van der Waals surface area contributed by atoms with Crippen LogP contribution in [0.4, 0.5) is 11.6 Å². The monoisotopic (exact) mass is 509 g/mol. The number of aryl methyl sites for hydroxylation is 1. The first kappa shape index (κ1) is 25.7. The number of benzene rings is 2. The topological polar surface area (TPSA) is 88.6 Å². The van der Waals surface area contributed by atoms with Crippen molar-refractivity contribution >= 4 is 29.1 Å². The average molecular weight is 510 g/mol. The average Bonchev–Trinajstić information content (AvgIpc) is 2.88. The zero-order chi connectivity index (χ0) is 25.7. The van der Waals surface area contributed by atoms with Gasteiger partial charge < -0.3 is 25.0 Å². The van der Waals surface area contributed by atoms with Gasteiger partial charge >= 0.3 is 0 Å². The van der Waals surface area contributed by atoms with Crippen LogP contribution in [0.2, 0.25) is 5.02 Å². The van der Waals surface area contributed by atoms with Gasteiger partial charge in [0.15, 0.2) is 0 Å². The van der Waals surface area contributed by atoms with Crippen LogP contribution in [0.1, 0.15) is 40.0 Å². The molecule has 0 unspecified atom stereocenters. The van der Waals surface area contributed by atoms with Crippen molar-refractivity contribution in [1.82, 2.24) is 20.2 Å². The number of hydrogen-bond acceptors (Lipinski definition) is 7. The SMILES string of the molecule is COc1cc(Cc2nc(Nc3ccc(C(=O)NC4CCN(C)CC4)cc3)ncc2C)cc(OC)c1Cl. The number of carbonyl (C=O) groups excluding carboxylic acids is 1. The molecule has 0 saturated carbocycles. The van der Waals surface area contributed by atoms with E-state index in [1.165, 1.54) is 0 Å². The number of hydrogen-bond donors (Lipinski definition) is 2. The maximum absolute atomic E-state index is 12.6. The minimum Gasteiger partial charge on any atom is -0.495 e. The molecule has 190 valence electrons. The molecule has 9 heteroatoms. The second-order valence-electron chi connectivity index (χ2n) is 9.07. The van der Waals surface area contributed by atoms with Crippen molar-refractivity contribution in [3.8, 4) is 11.5 Å². The fourth-order valence-electron chi connectivity index (χ4n) is 4.19. The largest absolute Gasteiger partial charge is 0.495 e. The number of halogens is 1. The highest BCUT2D eigenvalue weighted by Crippen LogP contribution is 2.36. The van der Waals surface area contributed by atoms with Crippen LogP contribution >= 0.6 is 11.6 Å². The highest BCUT2D eigenvalue weighted by molar-refractivity contribution is 6.33. The third-order valence-corrected chi connectivity index (χ3v) is 6.78. The smallest absolute Gasteiger partial charge is 0.251 e. The summed E-state index contributed by atoms with van der Waals surface area (Å²) in [6, 6.07) is 11.3.